The summed E-state index contributed by atoms with van der Waals surface area (Å²) in [7, 11) is 0. The van der Waals surface area contributed by atoms with Crippen LogP contribution in [-0.4, -0.2) is 59.2 Å². The molecule has 9 nitrogen and oxygen atoms in total. The van der Waals surface area contributed by atoms with Crippen molar-refractivity contribution in [3.05, 3.63) is 35.7 Å². The number of benzene rings is 1. The third-order valence-corrected chi connectivity index (χ3v) is 7.65. The SMILES string of the molecule is CC1(C)CC(Nc2nc(N)nc(-c3cc(-n4cnnn4)c(C4CC4)cc3F)c2F)CC2CCCN21. The van der Waals surface area contributed by atoms with Crippen molar-refractivity contribution in [1.29, 1.82) is 0 Å². The quantitative estimate of drug-likeness (QED) is 0.568. The number of hydrogen-bond donors (Lipinski definition) is 2. The van der Waals surface area contributed by atoms with Crippen LogP contribution in [0, 0.1) is 11.6 Å². The highest BCUT2D eigenvalue weighted by Crippen LogP contribution is 2.45. The van der Waals surface area contributed by atoms with Crippen LogP contribution in [-0.2, 0) is 0 Å². The Morgan fingerprint density at radius 1 is 1.14 bits per heavy atom. The molecule has 1 aliphatic carbocycles. The summed E-state index contributed by atoms with van der Waals surface area (Å²) in [6, 6.07) is 3.48. The number of piperidine rings is 1. The number of nitrogens with two attached hydrogens (primary N) is 1. The fraction of sp³-hybridized carbons (Fsp3) is 0.542. The Morgan fingerprint density at radius 3 is 2.71 bits per heavy atom. The molecule has 0 radical (unpaired) electrons. The Balaban J connectivity index is 1.37. The van der Waals surface area contributed by atoms with E-state index >= 15 is 8.78 Å². The minimum absolute atomic E-state index is 0.000447. The van der Waals surface area contributed by atoms with Gasteiger partial charge in [0, 0.05) is 23.2 Å². The highest BCUT2D eigenvalue weighted by atomic mass is 19.1. The van der Waals surface area contributed by atoms with Gasteiger partial charge in [0.2, 0.25) is 5.95 Å². The van der Waals surface area contributed by atoms with Crippen LogP contribution in [0.5, 0.6) is 0 Å². The van der Waals surface area contributed by atoms with Crippen molar-refractivity contribution in [3.8, 4) is 16.9 Å². The smallest absolute Gasteiger partial charge is 0.222 e. The lowest BCUT2D eigenvalue weighted by Gasteiger charge is -2.47. The summed E-state index contributed by atoms with van der Waals surface area (Å²) in [6.07, 6.45) is 7.43. The van der Waals surface area contributed by atoms with E-state index < -0.39 is 11.6 Å². The lowest BCUT2D eigenvalue weighted by Crippen LogP contribution is -2.55. The number of tetrazole rings is 1. The van der Waals surface area contributed by atoms with Crippen molar-refractivity contribution in [3.63, 3.8) is 0 Å². The van der Waals surface area contributed by atoms with Gasteiger partial charge in [0.25, 0.3) is 0 Å². The van der Waals surface area contributed by atoms with E-state index in [0.717, 1.165) is 44.2 Å². The van der Waals surface area contributed by atoms with E-state index in [1.165, 1.54) is 23.5 Å². The zero-order chi connectivity index (χ0) is 24.3. The zero-order valence-corrected chi connectivity index (χ0v) is 19.9. The molecule has 0 bridgehead atoms. The van der Waals surface area contributed by atoms with Crippen molar-refractivity contribution >= 4 is 11.8 Å². The number of aromatic nitrogens is 6. The van der Waals surface area contributed by atoms with Crippen molar-refractivity contribution in [1.82, 2.24) is 35.1 Å². The molecule has 3 N–H and O–H groups in total. The molecule has 2 aliphatic heterocycles. The summed E-state index contributed by atoms with van der Waals surface area (Å²) >= 11 is 0. The number of rotatable bonds is 5. The van der Waals surface area contributed by atoms with Gasteiger partial charge in [0.1, 0.15) is 17.8 Å². The number of fused-ring (bicyclic) bond motifs is 1. The summed E-state index contributed by atoms with van der Waals surface area (Å²) in [4.78, 5) is 10.8. The Hall–Kier alpha value is -3.21. The van der Waals surface area contributed by atoms with Crippen LogP contribution in [0.3, 0.4) is 0 Å². The molecule has 3 fully saturated rings. The zero-order valence-electron chi connectivity index (χ0n) is 19.9. The molecule has 3 aliphatic rings. The second-order valence-electron chi connectivity index (χ2n) is 10.6. The molecule has 184 valence electrons. The van der Waals surface area contributed by atoms with E-state index in [0.29, 0.717) is 11.7 Å². The van der Waals surface area contributed by atoms with Gasteiger partial charge in [-0.15, -0.1) is 5.10 Å². The largest absolute Gasteiger partial charge is 0.368 e. The maximum atomic E-state index is 15.8. The highest BCUT2D eigenvalue weighted by molar-refractivity contribution is 5.69. The molecular formula is C24H29F2N9. The molecule has 0 spiro atoms. The van der Waals surface area contributed by atoms with Crippen molar-refractivity contribution < 1.29 is 8.78 Å². The van der Waals surface area contributed by atoms with E-state index in [9.17, 15) is 0 Å². The Kier molecular flexibility index (Phi) is 5.21. The van der Waals surface area contributed by atoms with Gasteiger partial charge in [-0.2, -0.15) is 4.98 Å². The molecule has 35 heavy (non-hydrogen) atoms. The van der Waals surface area contributed by atoms with Gasteiger partial charge < -0.3 is 11.1 Å². The second-order valence-corrected chi connectivity index (χ2v) is 10.6. The summed E-state index contributed by atoms with van der Waals surface area (Å²) < 4.78 is 32.6. The second kappa shape index (κ2) is 8.18. The maximum Gasteiger partial charge on any atom is 0.222 e. The standard InChI is InChI=1S/C24H29F2N9/c1-24(2)11-14(8-15-4-3-7-34(15)24)29-22-20(26)21(30-23(27)31-22)17-10-19(35-12-28-32-33-35)16(9-18(17)25)13-5-6-13/h9-10,12-15H,3-8,11H2,1-2H3,(H3,27,29,30,31). The fourth-order valence-electron chi connectivity index (χ4n) is 6.00. The van der Waals surface area contributed by atoms with Crippen molar-refractivity contribution in [2.45, 2.75) is 75.9 Å². The molecule has 6 rings (SSSR count). The Bertz CT molecular complexity index is 1260. The highest BCUT2D eigenvalue weighted by Gasteiger charge is 2.43. The van der Waals surface area contributed by atoms with E-state index in [1.807, 2.05) is 0 Å². The first-order valence-electron chi connectivity index (χ1n) is 12.2. The molecule has 0 amide bonds. The molecule has 1 saturated carbocycles. The summed E-state index contributed by atoms with van der Waals surface area (Å²) in [5, 5.41) is 14.6. The van der Waals surface area contributed by atoms with Crippen LogP contribution in [0.2, 0.25) is 0 Å². The topological polar surface area (TPSA) is 111 Å². The number of nitrogens with zero attached hydrogens (tertiary/aromatic N) is 7. The van der Waals surface area contributed by atoms with Crippen LogP contribution in [0.25, 0.3) is 16.9 Å². The van der Waals surface area contributed by atoms with E-state index in [-0.39, 0.29) is 40.5 Å². The van der Waals surface area contributed by atoms with Crippen molar-refractivity contribution in [2.75, 3.05) is 17.6 Å². The maximum absolute atomic E-state index is 15.8. The average Bonchev–Trinajstić information content (AvgIpc) is 3.27. The number of anilines is 2. The predicted octanol–water partition coefficient (Wildman–Crippen LogP) is 3.67. The van der Waals surface area contributed by atoms with Crippen LogP contribution >= 0.6 is 0 Å². The van der Waals surface area contributed by atoms with Gasteiger partial charge in [-0.05, 0) is 93.0 Å². The normalized spacial score (nSPS) is 23.9. The molecular weight excluding hydrogens is 452 g/mol. The third kappa shape index (κ3) is 4.01. The molecule has 4 heterocycles. The van der Waals surface area contributed by atoms with Crippen LogP contribution < -0.4 is 11.1 Å². The van der Waals surface area contributed by atoms with Gasteiger partial charge in [-0.3, -0.25) is 4.90 Å². The molecule has 2 atom stereocenters. The number of nitrogen functional groups attached to an aromatic ring is 1. The van der Waals surface area contributed by atoms with Gasteiger partial charge >= 0.3 is 0 Å². The fourth-order valence-corrected chi connectivity index (χ4v) is 6.00. The molecule has 1 aromatic carbocycles. The summed E-state index contributed by atoms with van der Waals surface area (Å²) in [6.45, 7) is 5.56. The first kappa shape index (κ1) is 22.3. The van der Waals surface area contributed by atoms with Crippen LogP contribution in [0.1, 0.15) is 63.9 Å². The van der Waals surface area contributed by atoms with Gasteiger partial charge in [-0.1, -0.05) is 0 Å². The predicted molar refractivity (Wildman–Crippen MR) is 127 cm³/mol. The Labute approximate surface area is 202 Å². The van der Waals surface area contributed by atoms with Gasteiger partial charge in [0.15, 0.2) is 11.6 Å². The molecule has 3 aromatic rings. The van der Waals surface area contributed by atoms with Gasteiger partial charge in [-0.25, -0.2) is 18.4 Å². The molecule has 11 heteroatoms. The number of nitrogens with one attached hydrogen (secondary N) is 1. The minimum atomic E-state index is -0.716. The summed E-state index contributed by atoms with van der Waals surface area (Å²) in [5.74, 6) is -1.15. The Morgan fingerprint density at radius 2 is 1.97 bits per heavy atom. The van der Waals surface area contributed by atoms with E-state index in [4.69, 9.17) is 5.73 Å². The van der Waals surface area contributed by atoms with Crippen molar-refractivity contribution in [2.24, 2.45) is 0 Å². The third-order valence-electron chi connectivity index (χ3n) is 7.65. The molecule has 2 aromatic heterocycles. The first-order chi connectivity index (χ1) is 16.8. The minimum Gasteiger partial charge on any atom is -0.368 e. The first-order valence-corrected chi connectivity index (χ1v) is 12.2. The van der Waals surface area contributed by atoms with E-state index in [2.05, 4.69) is 49.6 Å². The number of hydrogen-bond acceptors (Lipinski definition) is 8. The molecule has 2 unspecified atom stereocenters. The summed E-state index contributed by atoms with van der Waals surface area (Å²) in [5.41, 5.74) is 7.21. The molecule has 2 saturated heterocycles. The van der Waals surface area contributed by atoms with Crippen LogP contribution in [0.4, 0.5) is 20.5 Å². The lowest BCUT2D eigenvalue weighted by atomic mass is 9.84. The van der Waals surface area contributed by atoms with Crippen LogP contribution in [0.15, 0.2) is 18.5 Å². The van der Waals surface area contributed by atoms with Gasteiger partial charge in [0.05, 0.1) is 5.69 Å². The monoisotopic (exact) mass is 481 g/mol. The average molecular weight is 482 g/mol. The van der Waals surface area contributed by atoms with E-state index in [1.54, 1.807) is 6.07 Å². The lowest BCUT2D eigenvalue weighted by molar-refractivity contribution is 0.0500. The number of halogens is 2.